The Kier molecular flexibility index (Phi) is 7.18. The molecule has 2 N–H and O–H groups in total. The first-order valence-corrected chi connectivity index (χ1v) is 9.36. The highest BCUT2D eigenvalue weighted by Gasteiger charge is 2.29. The average molecular weight is 359 g/mol. The van der Waals surface area contributed by atoms with Gasteiger partial charge in [0.25, 0.3) is 0 Å². The maximum absolute atomic E-state index is 12.6. The summed E-state index contributed by atoms with van der Waals surface area (Å²) in [7, 11) is 0. The third-order valence-corrected chi connectivity index (χ3v) is 4.77. The number of ketones is 1. The molecule has 0 bridgehead atoms. The second-order valence-electron chi connectivity index (χ2n) is 6.95. The molecule has 0 radical (unpaired) electrons. The molecule has 0 spiro atoms. The number of aryl methyl sites for hydroxylation is 1. The summed E-state index contributed by atoms with van der Waals surface area (Å²) in [4.78, 5) is 38.4. The van der Waals surface area contributed by atoms with Gasteiger partial charge in [-0.3, -0.25) is 9.59 Å². The Morgan fingerprint density at radius 1 is 1.15 bits per heavy atom. The molecule has 1 aromatic rings. The van der Waals surface area contributed by atoms with Crippen LogP contribution < -0.4 is 10.6 Å². The summed E-state index contributed by atoms with van der Waals surface area (Å²) in [5, 5.41) is 5.50. The molecule has 142 valence electrons. The topological polar surface area (TPSA) is 78.5 Å². The zero-order chi connectivity index (χ0) is 19.1. The Bertz CT molecular complexity index is 634. The highest BCUT2D eigenvalue weighted by molar-refractivity contribution is 5.98. The molecule has 1 aliphatic rings. The van der Waals surface area contributed by atoms with Gasteiger partial charge in [0.05, 0.1) is 0 Å². The van der Waals surface area contributed by atoms with Gasteiger partial charge in [-0.25, -0.2) is 4.79 Å². The quantitative estimate of drug-likeness (QED) is 0.766. The highest BCUT2D eigenvalue weighted by atomic mass is 16.2. The Labute approximate surface area is 155 Å². The van der Waals surface area contributed by atoms with Crippen molar-refractivity contribution in [3.8, 4) is 0 Å². The number of carbonyl (C=O) groups is 3. The fraction of sp³-hybridized carbons (Fsp3) is 0.550. The predicted molar refractivity (Wildman–Crippen MR) is 101 cm³/mol. The van der Waals surface area contributed by atoms with Crippen LogP contribution in [0.5, 0.6) is 0 Å². The number of Topliss-reactive ketones (excluding diaryl/α,β-unsaturated/α-hetero) is 1. The normalized spacial score (nSPS) is 16.0. The van der Waals surface area contributed by atoms with Gasteiger partial charge in [-0.2, -0.15) is 0 Å². The van der Waals surface area contributed by atoms with E-state index in [1.165, 1.54) is 0 Å². The van der Waals surface area contributed by atoms with Crippen LogP contribution in [0.15, 0.2) is 24.3 Å². The van der Waals surface area contributed by atoms with Crippen LogP contribution in [0.1, 0.15) is 49.0 Å². The van der Waals surface area contributed by atoms with Crippen molar-refractivity contribution in [3.05, 3.63) is 35.4 Å². The minimum atomic E-state index is -0.569. The number of amides is 3. The number of nitrogens with zero attached hydrogens (tertiary/aromatic N) is 1. The lowest BCUT2D eigenvalue weighted by Crippen LogP contribution is -2.52. The van der Waals surface area contributed by atoms with E-state index in [4.69, 9.17) is 0 Å². The van der Waals surface area contributed by atoms with E-state index in [9.17, 15) is 14.4 Å². The summed E-state index contributed by atoms with van der Waals surface area (Å²) >= 11 is 0. The van der Waals surface area contributed by atoms with Crippen molar-refractivity contribution in [2.75, 3.05) is 19.6 Å². The lowest BCUT2D eigenvalue weighted by Gasteiger charge is -2.32. The molecule has 0 unspecified atom stereocenters. The first-order valence-electron chi connectivity index (χ1n) is 9.36. The molecule has 1 heterocycles. The van der Waals surface area contributed by atoms with E-state index < -0.39 is 6.04 Å². The summed E-state index contributed by atoms with van der Waals surface area (Å²) < 4.78 is 0. The number of benzene rings is 1. The summed E-state index contributed by atoms with van der Waals surface area (Å²) in [5.41, 5.74) is 1.87. The third kappa shape index (κ3) is 5.31. The molecular weight excluding hydrogens is 330 g/mol. The van der Waals surface area contributed by atoms with Gasteiger partial charge in [0, 0.05) is 31.1 Å². The lowest BCUT2D eigenvalue weighted by atomic mass is 9.89. The summed E-state index contributed by atoms with van der Waals surface area (Å²) in [6, 6.07) is 6.81. The molecule has 1 aliphatic heterocycles. The number of likely N-dealkylation sites (tertiary alicyclic amines) is 1. The first kappa shape index (κ1) is 19.9. The second-order valence-corrected chi connectivity index (χ2v) is 6.95. The van der Waals surface area contributed by atoms with E-state index in [0.29, 0.717) is 32.5 Å². The standard InChI is InChI=1S/C20H29N3O3/c1-4-11-21-19(25)15(3)22-20(26)23-12-9-17(10-13-23)18(24)16-7-5-14(2)6-8-16/h5-8,15,17H,4,9-13H2,1-3H3,(H,21,25)(H,22,26)/t15-/m0/s1. The molecule has 1 atom stereocenters. The smallest absolute Gasteiger partial charge is 0.318 e. The molecule has 6 nitrogen and oxygen atoms in total. The van der Waals surface area contributed by atoms with Crippen LogP contribution in [0.3, 0.4) is 0 Å². The molecule has 1 aromatic carbocycles. The van der Waals surface area contributed by atoms with Crippen LogP contribution in [0.4, 0.5) is 4.79 Å². The Balaban J connectivity index is 1.81. The molecule has 6 heteroatoms. The highest BCUT2D eigenvalue weighted by Crippen LogP contribution is 2.22. The lowest BCUT2D eigenvalue weighted by molar-refractivity contribution is -0.122. The molecule has 0 aromatic heterocycles. The maximum Gasteiger partial charge on any atom is 0.318 e. The fourth-order valence-corrected chi connectivity index (χ4v) is 3.04. The Morgan fingerprint density at radius 3 is 2.35 bits per heavy atom. The van der Waals surface area contributed by atoms with Gasteiger partial charge in [-0.05, 0) is 33.1 Å². The Morgan fingerprint density at radius 2 is 1.77 bits per heavy atom. The van der Waals surface area contributed by atoms with Crippen molar-refractivity contribution in [1.82, 2.24) is 15.5 Å². The number of nitrogens with one attached hydrogen (secondary N) is 2. The largest absolute Gasteiger partial charge is 0.354 e. The summed E-state index contributed by atoms with van der Waals surface area (Å²) in [6.07, 6.45) is 2.15. The molecule has 1 saturated heterocycles. The van der Waals surface area contributed by atoms with Crippen LogP contribution in [0.2, 0.25) is 0 Å². The van der Waals surface area contributed by atoms with E-state index in [-0.39, 0.29) is 23.6 Å². The molecule has 2 rings (SSSR count). The zero-order valence-electron chi connectivity index (χ0n) is 15.9. The monoisotopic (exact) mass is 359 g/mol. The summed E-state index contributed by atoms with van der Waals surface area (Å²) in [6.45, 7) is 7.30. The van der Waals surface area contributed by atoms with Gasteiger partial charge in [0.1, 0.15) is 6.04 Å². The van der Waals surface area contributed by atoms with E-state index in [0.717, 1.165) is 17.5 Å². The predicted octanol–water partition coefficient (Wildman–Crippen LogP) is 2.51. The van der Waals surface area contributed by atoms with Crippen molar-refractivity contribution in [2.24, 2.45) is 5.92 Å². The third-order valence-electron chi connectivity index (χ3n) is 4.77. The minimum absolute atomic E-state index is 0.0490. The van der Waals surface area contributed by atoms with Gasteiger partial charge in [-0.1, -0.05) is 36.8 Å². The minimum Gasteiger partial charge on any atom is -0.354 e. The van der Waals surface area contributed by atoms with Gasteiger partial charge in [0.15, 0.2) is 5.78 Å². The van der Waals surface area contributed by atoms with Crippen molar-refractivity contribution in [3.63, 3.8) is 0 Å². The number of carbonyl (C=O) groups excluding carboxylic acids is 3. The number of urea groups is 1. The molecule has 0 aliphatic carbocycles. The molecule has 1 fully saturated rings. The van der Waals surface area contributed by atoms with E-state index >= 15 is 0 Å². The van der Waals surface area contributed by atoms with Crippen molar-refractivity contribution >= 4 is 17.7 Å². The van der Waals surface area contributed by atoms with E-state index in [2.05, 4.69) is 10.6 Å². The van der Waals surface area contributed by atoms with E-state index in [1.54, 1.807) is 11.8 Å². The SMILES string of the molecule is CCCNC(=O)[C@H](C)NC(=O)N1CCC(C(=O)c2ccc(C)cc2)CC1. The van der Waals surface area contributed by atoms with Gasteiger partial charge >= 0.3 is 6.03 Å². The molecule has 3 amide bonds. The summed E-state index contributed by atoms with van der Waals surface area (Å²) in [5.74, 6) is -0.0750. The maximum atomic E-state index is 12.6. The van der Waals surface area contributed by atoms with Gasteiger partial charge in [0.2, 0.25) is 5.91 Å². The Hall–Kier alpha value is -2.37. The fourth-order valence-electron chi connectivity index (χ4n) is 3.04. The van der Waals surface area contributed by atoms with Crippen molar-refractivity contribution in [1.29, 1.82) is 0 Å². The number of hydrogen-bond acceptors (Lipinski definition) is 3. The zero-order valence-corrected chi connectivity index (χ0v) is 15.9. The van der Waals surface area contributed by atoms with Crippen LogP contribution in [-0.4, -0.2) is 48.3 Å². The van der Waals surface area contributed by atoms with Gasteiger partial charge in [-0.15, -0.1) is 0 Å². The van der Waals surface area contributed by atoms with Crippen LogP contribution in [-0.2, 0) is 4.79 Å². The first-order chi connectivity index (χ1) is 12.4. The molecule has 26 heavy (non-hydrogen) atoms. The molecular formula is C20H29N3O3. The molecule has 0 saturated carbocycles. The number of hydrogen-bond donors (Lipinski definition) is 2. The van der Waals surface area contributed by atoms with Crippen LogP contribution >= 0.6 is 0 Å². The number of rotatable bonds is 6. The van der Waals surface area contributed by atoms with Gasteiger partial charge < -0.3 is 15.5 Å². The van der Waals surface area contributed by atoms with Crippen LogP contribution in [0.25, 0.3) is 0 Å². The second kappa shape index (κ2) is 9.36. The average Bonchev–Trinajstić information content (AvgIpc) is 2.66. The van der Waals surface area contributed by atoms with E-state index in [1.807, 2.05) is 38.1 Å². The van der Waals surface area contributed by atoms with Crippen molar-refractivity contribution in [2.45, 2.75) is 46.1 Å². The number of piperidine rings is 1. The van der Waals surface area contributed by atoms with Crippen LogP contribution in [0, 0.1) is 12.8 Å². The van der Waals surface area contributed by atoms with Crippen molar-refractivity contribution < 1.29 is 14.4 Å².